The van der Waals surface area contributed by atoms with Crippen molar-refractivity contribution in [3.63, 3.8) is 0 Å². The molecule has 94 valence electrons. The van der Waals surface area contributed by atoms with E-state index in [2.05, 4.69) is 19.2 Å². The van der Waals surface area contributed by atoms with Crippen LogP contribution in [-0.2, 0) is 10.8 Å². The third-order valence-corrected chi connectivity index (χ3v) is 5.21. The van der Waals surface area contributed by atoms with E-state index in [0.717, 1.165) is 17.0 Å². The molecule has 1 aromatic rings. The molecule has 0 aliphatic carbocycles. The molecule has 0 amide bonds. The van der Waals surface area contributed by atoms with E-state index in [0.29, 0.717) is 21.7 Å². The summed E-state index contributed by atoms with van der Waals surface area (Å²) in [6.45, 7) is 5.01. The Bertz CT molecular complexity index is 464. The highest BCUT2D eigenvalue weighted by molar-refractivity contribution is 7.85. The lowest BCUT2D eigenvalue weighted by Gasteiger charge is -2.32. The van der Waals surface area contributed by atoms with Crippen LogP contribution < -0.4 is 5.32 Å². The van der Waals surface area contributed by atoms with Crippen LogP contribution in [0.15, 0.2) is 17.0 Å². The number of halogens is 2. The molecule has 2 rings (SSSR count). The summed E-state index contributed by atoms with van der Waals surface area (Å²) in [5.74, 6) is 0.961. The first-order valence-corrected chi connectivity index (χ1v) is 7.72. The fourth-order valence-corrected chi connectivity index (χ4v) is 4.61. The molecule has 3 atom stereocenters. The minimum absolute atomic E-state index is 0.164. The summed E-state index contributed by atoms with van der Waals surface area (Å²) in [5.41, 5.74) is 0.954. The summed E-state index contributed by atoms with van der Waals surface area (Å²) < 4.78 is 12.1. The first-order valence-electron chi connectivity index (χ1n) is 5.65. The van der Waals surface area contributed by atoms with Crippen LogP contribution in [0.3, 0.4) is 0 Å². The Kier molecular flexibility index (Phi) is 4.14. The summed E-state index contributed by atoms with van der Waals surface area (Å²) in [4.78, 5) is 0.784. The number of nitrogens with one attached hydrogen (secondary N) is 1. The van der Waals surface area contributed by atoms with Crippen LogP contribution in [0.4, 0.5) is 0 Å². The first-order chi connectivity index (χ1) is 8.04. The normalized spacial score (nSPS) is 27.9. The van der Waals surface area contributed by atoms with Crippen molar-refractivity contribution in [2.24, 2.45) is 5.92 Å². The van der Waals surface area contributed by atoms with Crippen LogP contribution in [-0.4, -0.2) is 16.5 Å². The number of fused-ring (bicyclic) bond motifs is 1. The second-order valence-electron chi connectivity index (χ2n) is 4.32. The Morgan fingerprint density at radius 2 is 2.18 bits per heavy atom. The molecule has 0 aromatic heterocycles. The highest BCUT2D eigenvalue weighted by atomic mass is 35.5. The summed E-state index contributed by atoms with van der Waals surface area (Å²) in [7, 11) is -0.999. The van der Waals surface area contributed by atoms with Crippen LogP contribution >= 0.6 is 23.2 Å². The highest BCUT2D eigenvalue weighted by Gasteiger charge is 2.32. The Morgan fingerprint density at radius 1 is 1.47 bits per heavy atom. The minimum Gasteiger partial charge on any atom is -0.310 e. The average Bonchev–Trinajstić information content (AvgIpc) is 2.24. The van der Waals surface area contributed by atoms with Crippen molar-refractivity contribution in [1.29, 1.82) is 0 Å². The minimum atomic E-state index is -0.999. The van der Waals surface area contributed by atoms with Crippen LogP contribution in [0.25, 0.3) is 0 Å². The quantitative estimate of drug-likeness (QED) is 0.905. The standard InChI is InChI=1S/C12H15Cl2NOS/c1-3-15-12-7(2)6-17(16)10-5-8(13)4-9(14)11(10)12/h4-5,7,12,15H,3,6H2,1-2H3. The van der Waals surface area contributed by atoms with Crippen molar-refractivity contribution < 1.29 is 4.21 Å². The molecule has 2 nitrogen and oxygen atoms in total. The molecular weight excluding hydrogens is 277 g/mol. The first kappa shape index (κ1) is 13.3. The smallest absolute Gasteiger partial charge is 0.0537 e. The fraction of sp³-hybridized carbons (Fsp3) is 0.500. The average molecular weight is 292 g/mol. The van der Waals surface area contributed by atoms with Crippen LogP contribution in [0, 0.1) is 5.92 Å². The van der Waals surface area contributed by atoms with E-state index >= 15 is 0 Å². The third-order valence-electron chi connectivity index (χ3n) is 3.02. The van der Waals surface area contributed by atoms with E-state index in [1.165, 1.54) is 0 Å². The van der Waals surface area contributed by atoms with Gasteiger partial charge in [0.15, 0.2) is 0 Å². The summed E-state index contributed by atoms with van der Waals surface area (Å²) in [6, 6.07) is 3.66. The maximum Gasteiger partial charge on any atom is 0.0537 e. The number of benzene rings is 1. The molecule has 0 radical (unpaired) electrons. The SMILES string of the molecule is CCNC1c2c(Cl)cc(Cl)cc2S(=O)CC1C. The molecule has 1 N–H and O–H groups in total. The Labute approximate surface area is 114 Å². The van der Waals surface area contributed by atoms with E-state index in [9.17, 15) is 4.21 Å². The lowest BCUT2D eigenvalue weighted by Crippen LogP contribution is -2.34. The Hall–Kier alpha value is -0.0900. The lowest BCUT2D eigenvalue weighted by atomic mass is 9.95. The number of hydrogen-bond donors (Lipinski definition) is 1. The highest BCUT2D eigenvalue weighted by Crippen LogP contribution is 2.39. The molecule has 1 aromatic carbocycles. The molecule has 5 heteroatoms. The van der Waals surface area contributed by atoms with E-state index in [4.69, 9.17) is 23.2 Å². The molecule has 17 heavy (non-hydrogen) atoms. The van der Waals surface area contributed by atoms with Gasteiger partial charge in [0.25, 0.3) is 0 Å². The molecular formula is C12H15Cl2NOS. The zero-order valence-corrected chi connectivity index (χ0v) is 12.1. The summed E-state index contributed by atoms with van der Waals surface area (Å²) in [5, 5.41) is 4.57. The topological polar surface area (TPSA) is 29.1 Å². The molecule has 1 aliphatic heterocycles. The van der Waals surface area contributed by atoms with Crippen molar-refractivity contribution in [1.82, 2.24) is 5.32 Å². The number of rotatable bonds is 2. The fourth-order valence-electron chi connectivity index (χ4n) is 2.28. The second-order valence-corrected chi connectivity index (χ2v) is 6.63. The summed E-state index contributed by atoms with van der Waals surface area (Å²) >= 11 is 12.2. The zero-order valence-electron chi connectivity index (χ0n) is 9.80. The predicted octanol–water partition coefficient (Wildman–Crippen LogP) is 3.40. The van der Waals surface area contributed by atoms with E-state index in [1.54, 1.807) is 12.1 Å². The van der Waals surface area contributed by atoms with Crippen LogP contribution in [0.1, 0.15) is 25.5 Å². The van der Waals surface area contributed by atoms with Crippen LogP contribution in [0.2, 0.25) is 10.0 Å². The Morgan fingerprint density at radius 3 is 2.82 bits per heavy atom. The van der Waals surface area contributed by atoms with Gasteiger partial charge in [0.05, 0.1) is 10.8 Å². The van der Waals surface area contributed by atoms with Gasteiger partial charge in [-0.05, 0) is 24.6 Å². The van der Waals surface area contributed by atoms with E-state index in [1.807, 2.05) is 0 Å². The largest absolute Gasteiger partial charge is 0.310 e. The van der Waals surface area contributed by atoms with Gasteiger partial charge < -0.3 is 5.32 Å². The van der Waals surface area contributed by atoms with Gasteiger partial charge in [0, 0.05) is 32.3 Å². The summed E-state index contributed by atoms with van der Waals surface area (Å²) in [6.07, 6.45) is 0. The maximum absolute atomic E-state index is 12.1. The number of hydrogen-bond acceptors (Lipinski definition) is 2. The van der Waals surface area contributed by atoms with E-state index < -0.39 is 10.8 Å². The van der Waals surface area contributed by atoms with Gasteiger partial charge in [-0.15, -0.1) is 0 Å². The molecule has 3 unspecified atom stereocenters. The van der Waals surface area contributed by atoms with Crippen molar-refractivity contribution in [2.75, 3.05) is 12.3 Å². The maximum atomic E-state index is 12.1. The van der Waals surface area contributed by atoms with Crippen molar-refractivity contribution in [3.8, 4) is 0 Å². The molecule has 0 bridgehead atoms. The van der Waals surface area contributed by atoms with Gasteiger partial charge in [0.1, 0.15) is 0 Å². The van der Waals surface area contributed by atoms with Gasteiger partial charge in [-0.2, -0.15) is 0 Å². The van der Waals surface area contributed by atoms with Gasteiger partial charge in [-0.1, -0.05) is 37.0 Å². The van der Waals surface area contributed by atoms with Gasteiger partial charge in [0.2, 0.25) is 0 Å². The molecule has 0 saturated heterocycles. The van der Waals surface area contributed by atoms with Crippen molar-refractivity contribution in [3.05, 3.63) is 27.7 Å². The van der Waals surface area contributed by atoms with Gasteiger partial charge in [-0.25, -0.2) is 0 Å². The Balaban J connectivity index is 2.56. The molecule has 0 saturated carbocycles. The molecule has 1 aliphatic rings. The molecule has 0 spiro atoms. The van der Waals surface area contributed by atoms with Crippen molar-refractivity contribution in [2.45, 2.75) is 24.8 Å². The lowest BCUT2D eigenvalue weighted by molar-refractivity contribution is 0.411. The van der Waals surface area contributed by atoms with Gasteiger partial charge in [-0.3, -0.25) is 4.21 Å². The predicted molar refractivity (Wildman–Crippen MR) is 73.3 cm³/mol. The van der Waals surface area contributed by atoms with E-state index in [-0.39, 0.29) is 6.04 Å². The van der Waals surface area contributed by atoms with Crippen LogP contribution in [0.5, 0.6) is 0 Å². The monoisotopic (exact) mass is 291 g/mol. The molecule has 0 fully saturated rings. The van der Waals surface area contributed by atoms with Gasteiger partial charge >= 0.3 is 0 Å². The van der Waals surface area contributed by atoms with Crippen molar-refractivity contribution >= 4 is 34.0 Å². The second kappa shape index (κ2) is 5.27. The zero-order chi connectivity index (χ0) is 12.6. The third kappa shape index (κ3) is 2.53. The molecule has 1 heterocycles.